The predicted octanol–water partition coefficient (Wildman–Crippen LogP) is 2.59. The number of nitrogens with two attached hydrogens (primary N) is 1. The molecule has 0 saturated heterocycles. The van der Waals surface area contributed by atoms with Crippen LogP contribution in [-0.2, 0) is 0 Å². The first kappa shape index (κ1) is 11.0. The number of anilines is 2. The minimum absolute atomic E-state index is 0.691. The standard InChI is InChI=1S/C15H18N4/c16-11-3-6-13-14(7-11)17-9-18-15(13)19(12-4-5-12)8-10-1-2-10/h3,6-7,9-10,12H,1-2,4-5,8,16H2. The van der Waals surface area contributed by atoms with E-state index < -0.39 is 0 Å². The van der Waals surface area contributed by atoms with Crippen LogP contribution in [0.15, 0.2) is 24.5 Å². The van der Waals surface area contributed by atoms with Gasteiger partial charge < -0.3 is 10.6 Å². The van der Waals surface area contributed by atoms with Gasteiger partial charge in [0.05, 0.1) is 5.52 Å². The second kappa shape index (κ2) is 4.08. The zero-order chi connectivity index (χ0) is 12.8. The van der Waals surface area contributed by atoms with Crippen LogP contribution in [0.5, 0.6) is 0 Å². The lowest BCUT2D eigenvalue weighted by Crippen LogP contribution is -2.29. The third-order valence-corrected chi connectivity index (χ3v) is 4.05. The number of aromatic nitrogens is 2. The van der Waals surface area contributed by atoms with E-state index in [9.17, 15) is 0 Å². The molecular weight excluding hydrogens is 236 g/mol. The molecule has 4 nitrogen and oxygen atoms in total. The van der Waals surface area contributed by atoms with E-state index in [4.69, 9.17) is 5.73 Å². The molecule has 1 heterocycles. The monoisotopic (exact) mass is 254 g/mol. The van der Waals surface area contributed by atoms with Crippen molar-refractivity contribution >= 4 is 22.4 Å². The number of hydrogen-bond acceptors (Lipinski definition) is 4. The van der Waals surface area contributed by atoms with Crippen LogP contribution in [0.2, 0.25) is 0 Å². The molecular formula is C15H18N4. The molecule has 2 aliphatic rings. The molecule has 0 radical (unpaired) electrons. The largest absolute Gasteiger partial charge is 0.399 e. The second-order valence-corrected chi connectivity index (χ2v) is 5.80. The molecule has 1 aromatic carbocycles. The Morgan fingerprint density at radius 1 is 1.16 bits per heavy atom. The minimum Gasteiger partial charge on any atom is -0.399 e. The Morgan fingerprint density at radius 3 is 2.74 bits per heavy atom. The van der Waals surface area contributed by atoms with Crippen LogP contribution in [-0.4, -0.2) is 22.6 Å². The van der Waals surface area contributed by atoms with E-state index in [0.29, 0.717) is 6.04 Å². The highest BCUT2D eigenvalue weighted by molar-refractivity contribution is 5.91. The van der Waals surface area contributed by atoms with Crippen molar-refractivity contribution in [1.82, 2.24) is 9.97 Å². The summed E-state index contributed by atoms with van der Waals surface area (Å²) in [6.07, 6.45) is 7.01. The zero-order valence-electron chi connectivity index (χ0n) is 10.9. The number of rotatable bonds is 4. The van der Waals surface area contributed by atoms with Crippen molar-refractivity contribution in [2.75, 3.05) is 17.2 Å². The van der Waals surface area contributed by atoms with Crippen LogP contribution in [0.3, 0.4) is 0 Å². The molecule has 2 fully saturated rings. The fraction of sp³-hybridized carbons (Fsp3) is 0.467. The first-order valence-corrected chi connectivity index (χ1v) is 7.08. The van der Waals surface area contributed by atoms with Gasteiger partial charge in [0.15, 0.2) is 0 Å². The van der Waals surface area contributed by atoms with Gasteiger partial charge in [0, 0.05) is 23.7 Å². The zero-order valence-corrected chi connectivity index (χ0v) is 10.9. The maximum Gasteiger partial charge on any atom is 0.140 e. The van der Waals surface area contributed by atoms with Crippen molar-refractivity contribution in [2.24, 2.45) is 5.92 Å². The first-order valence-electron chi connectivity index (χ1n) is 7.08. The molecule has 2 aliphatic carbocycles. The van der Waals surface area contributed by atoms with Crippen molar-refractivity contribution < 1.29 is 0 Å². The first-order chi connectivity index (χ1) is 9.31. The average Bonchev–Trinajstić information content (AvgIpc) is 3.26. The smallest absolute Gasteiger partial charge is 0.140 e. The normalized spacial score (nSPS) is 18.7. The summed E-state index contributed by atoms with van der Waals surface area (Å²) in [5.41, 5.74) is 7.55. The Morgan fingerprint density at radius 2 is 2.00 bits per heavy atom. The van der Waals surface area contributed by atoms with Gasteiger partial charge in [-0.25, -0.2) is 9.97 Å². The van der Waals surface area contributed by atoms with Gasteiger partial charge in [-0.1, -0.05) is 0 Å². The SMILES string of the molecule is Nc1ccc2c(N(CC3CC3)C3CC3)ncnc2c1. The van der Waals surface area contributed by atoms with E-state index in [2.05, 4.69) is 20.9 Å². The van der Waals surface area contributed by atoms with Gasteiger partial charge in [0.2, 0.25) is 0 Å². The van der Waals surface area contributed by atoms with Gasteiger partial charge in [0.25, 0.3) is 0 Å². The van der Waals surface area contributed by atoms with E-state index in [-0.39, 0.29) is 0 Å². The van der Waals surface area contributed by atoms with Crippen LogP contribution in [0.4, 0.5) is 11.5 Å². The second-order valence-electron chi connectivity index (χ2n) is 5.80. The lowest BCUT2D eigenvalue weighted by molar-refractivity contribution is 0.711. The van der Waals surface area contributed by atoms with Crippen molar-refractivity contribution in [1.29, 1.82) is 0 Å². The molecule has 0 spiro atoms. The highest BCUT2D eigenvalue weighted by atomic mass is 15.2. The predicted molar refractivity (Wildman–Crippen MR) is 77.0 cm³/mol. The van der Waals surface area contributed by atoms with Crippen molar-refractivity contribution in [3.63, 3.8) is 0 Å². The molecule has 2 saturated carbocycles. The summed E-state index contributed by atoms with van der Waals surface area (Å²) >= 11 is 0. The fourth-order valence-corrected chi connectivity index (χ4v) is 2.66. The molecule has 19 heavy (non-hydrogen) atoms. The minimum atomic E-state index is 0.691. The molecule has 0 aliphatic heterocycles. The summed E-state index contributed by atoms with van der Waals surface area (Å²) in [6, 6.07) is 6.62. The maximum atomic E-state index is 5.84. The van der Waals surface area contributed by atoms with Crippen LogP contribution in [0, 0.1) is 5.92 Å². The van der Waals surface area contributed by atoms with Gasteiger partial charge in [-0.05, 0) is 49.8 Å². The topological polar surface area (TPSA) is 55.0 Å². The summed E-state index contributed by atoms with van der Waals surface area (Å²) in [6.45, 7) is 1.15. The summed E-state index contributed by atoms with van der Waals surface area (Å²) in [7, 11) is 0. The van der Waals surface area contributed by atoms with Gasteiger partial charge in [-0.2, -0.15) is 0 Å². The Balaban J connectivity index is 1.78. The third-order valence-electron chi connectivity index (χ3n) is 4.05. The number of hydrogen-bond donors (Lipinski definition) is 1. The molecule has 1 aromatic heterocycles. The Hall–Kier alpha value is -1.84. The molecule has 0 bridgehead atoms. The fourth-order valence-electron chi connectivity index (χ4n) is 2.66. The van der Waals surface area contributed by atoms with E-state index >= 15 is 0 Å². The third kappa shape index (κ3) is 2.11. The van der Waals surface area contributed by atoms with Crippen LogP contribution < -0.4 is 10.6 Å². The molecule has 4 rings (SSSR count). The number of benzene rings is 1. The van der Waals surface area contributed by atoms with E-state index in [0.717, 1.165) is 34.9 Å². The molecule has 2 N–H and O–H groups in total. The van der Waals surface area contributed by atoms with Crippen molar-refractivity contribution in [3.8, 4) is 0 Å². The number of fused-ring (bicyclic) bond motifs is 1. The Labute approximate surface area is 112 Å². The van der Waals surface area contributed by atoms with Crippen LogP contribution in [0.25, 0.3) is 10.9 Å². The maximum absolute atomic E-state index is 5.84. The molecule has 0 unspecified atom stereocenters. The van der Waals surface area contributed by atoms with Crippen molar-refractivity contribution in [2.45, 2.75) is 31.7 Å². The molecule has 98 valence electrons. The average molecular weight is 254 g/mol. The van der Waals surface area contributed by atoms with Gasteiger partial charge in [-0.3, -0.25) is 0 Å². The van der Waals surface area contributed by atoms with Crippen molar-refractivity contribution in [3.05, 3.63) is 24.5 Å². The van der Waals surface area contributed by atoms with Gasteiger partial charge in [-0.15, -0.1) is 0 Å². The lowest BCUT2D eigenvalue weighted by Gasteiger charge is -2.24. The van der Waals surface area contributed by atoms with Crippen LogP contribution >= 0.6 is 0 Å². The molecule has 0 atom stereocenters. The summed E-state index contributed by atoms with van der Waals surface area (Å²) in [4.78, 5) is 11.4. The van der Waals surface area contributed by atoms with E-state index in [1.54, 1.807) is 6.33 Å². The molecule has 0 amide bonds. The Bertz CT molecular complexity index is 617. The summed E-state index contributed by atoms with van der Waals surface area (Å²) < 4.78 is 0. The lowest BCUT2D eigenvalue weighted by atomic mass is 10.2. The summed E-state index contributed by atoms with van der Waals surface area (Å²) in [5.74, 6) is 1.97. The van der Waals surface area contributed by atoms with E-state index in [1.807, 2.05) is 12.1 Å². The number of nitrogen functional groups attached to an aromatic ring is 1. The van der Waals surface area contributed by atoms with Gasteiger partial charge >= 0.3 is 0 Å². The van der Waals surface area contributed by atoms with Gasteiger partial charge in [0.1, 0.15) is 12.1 Å². The quantitative estimate of drug-likeness (QED) is 0.852. The highest BCUT2D eigenvalue weighted by Crippen LogP contribution is 2.38. The Kier molecular flexibility index (Phi) is 2.37. The molecule has 2 aromatic rings. The summed E-state index contributed by atoms with van der Waals surface area (Å²) in [5, 5.41) is 1.13. The molecule has 4 heteroatoms. The van der Waals surface area contributed by atoms with Crippen LogP contribution in [0.1, 0.15) is 25.7 Å². The highest BCUT2D eigenvalue weighted by Gasteiger charge is 2.35. The van der Waals surface area contributed by atoms with E-state index in [1.165, 1.54) is 25.7 Å². The number of nitrogens with zero attached hydrogens (tertiary/aromatic N) is 3.